The van der Waals surface area contributed by atoms with Crippen LogP contribution in [0.2, 0.25) is 5.02 Å². The number of benzene rings is 1. The molecule has 1 saturated heterocycles. The minimum atomic E-state index is -4.96. The van der Waals surface area contributed by atoms with Crippen molar-refractivity contribution in [3.63, 3.8) is 0 Å². The molecular formula is C24H18ClF4N7O4. The Bertz CT molecular complexity index is 1540. The Kier molecular flexibility index (Phi) is 6.99. The largest absolute Gasteiger partial charge is 0.456 e. The van der Waals surface area contributed by atoms with E-state index in [1.165, 1.54) is 34.1 Å². The molecule has 3 aromatic rings. The van der Waals surface area contributed by atoms with Crippen molar-refractivity contribution in [1.29, 1.82) is 0 Å². The lowest BCUT2D eigenvalue weighted by molar-refractivity contribution is -0.152. The highest BCUT2D eigenvalue weighted by Crippen LogP contribution is 2.40. The van der Waals surface area contributed by atoms with Gasteiger partial charge in [0.05, 0.1) is 16.3 Å². The number of nitrogens with zero attached hydrogens (tertiary/aromatic N) is 6. The van der Waals surface area contributed by atoms with Crippen LogP contribution in [0.25, 0.3) is 11.3 Å². The molecular weight excluding hydrogens is 562 g/mol. The molecule has 0 saturated carbocycles. The normalized spacial score (nSPS) is 18.9. The van der Waals surface area contributed by atoms with E-state index < -0.39 is 65.4 Å². The van der Waals surface area contributed by atoms with Gasteiger partial charge in [0.15, 0.2) is 18.1 Å². The average Bonchev–Trinajstić information content (AvgIpc) is 3.59. The van der Waals surface area contributed by atoms with Crippen molar-refractivity contribution >= 4 is 40.7 Å². The third-order valence-corrected chi connectivity index (χ3v) is 6.90. The number of hydrogen-bond acceptors (Lipinski definition) is 9. The van der Waals surface area contributed by atoms with Crippen LogP contribution < -0.4 is 5.73 Å². The number of alkyl halides is 3. The van der Waals surface area contributed by atoms with Crippen LogP contribution in [0.4, 0.5) is 23.4 Å². The number of anilines is 1. The second-order valence-electron chi connectivity index (χ2n) is 9.04. The summed E-state index contributed by atoms with van der Waals surface area (Å²) in [6.45, 7) is -0.999. The zero-order valence-electron chi connectivity index (χ0n) is 20.2. The number of ketones is 1. The molecule has 1 fully saturated rings. The van der Waals surface area contributed by atoms with Crippen molar-refractivity contribution in [3.8, 4) is 5.69 Å². The molecule has 0 radical (unpaired) electrons. The van der Waals surface area contributed by atoms with Gasteiger partial charge in [-0.2, -0.15) is 17.9 Å². The number of Topliss-reactive ketones (excluding diaryl/α,β-unsaturated/α-hetero) is 1. The molecule has 1 aromatic carbocycles. The summed E-state index contributed by atoms with van der Waals surface area (Å²) in [6, 6.07) is 3.11. The summed E-state index contributed by atoms with van der Waals surface area (Å²) < 4.78 is 61.3. The number of hydrogen-bond donors (Lipinski definition) is 1. The van der Waals surface area contributed by atoms with E-state index >= 15 is 4.39 Å². The van der Waals surface area contributed by atoms with Crippen molar-refractivity contribution < 1.29 is 36.7 Å². The Morgan fingerprint density at radius 1 is 1.18 bits per heavy atom. The van der Waals surface area contributed by atoms with Gasteiger partial charge < -0.3 is 15.4 Å². The molecule has 16 heteroatoms. The maximum absolute atomic E-state index is 15.2. The second-order valence-corrected chi connectivity index (χ2v) is 9.44. The standard InChI is InChI=1S/C24H18ClF4N7O4/c25-14-3-5-15(35-10-31-33-34-35)20(21(14)26)11-7-12-1-4-16(36(12)19(38)8-11)23(39)40-9-17(37)13-2-6-18(30)32-22(13)24(27,28)29/h2-3,5-6,8,10,12,16H,1,4,7,9H2,(H2,30,32)/t12-,16+/m1/s1. The number of amides is 1. The molecule has 2 aliphatic heterocycles. The molecule has 2 atom stereocenters. The molecule has 40 heavy (non-hydrogen) atoms. The van der Waals surface area contributed by atoms with Crippen molar-refractivity contribution in [1.82, 2.24) is 30.1 Å². The van der Waals surface area contributed by atoms with Crippen LogP contribution in [0.1, 0.15) is 40.9 Å². The van der Waals surface area contributed by atoms with Gasteiger partial charge in [-0.15, -0.1) is 5.10 Å². The van der Waals surface area contributed by atoms with Gasteiger partial charge >= 0.3 is 12.1 Å². The van der Waals surface area contributed by atoms with E-state index in [-0.39, 0.29) is 29.1 Å². The molecule has 2 aromatic heterocycles. The highest BCUT2D eigenvalue weighted by atomic mass is 35.5. The summed E-state index contributed by atoms with van der Waals surface area (Å²) in [5.74, 6) is -3.91. The van der Waals surface area contributed by atoms with Crippen LogP contribution in [-0.2, 0) is 20.5 Å². The number of rotatable bonds is 6. The van der Waals surface area contributed by atoms with Gasteiger partial charge in [-0.1, -0.05) is 11.6 Å². The molecule has 5 rings (SSSR count). The molecule has 0 spiro atoms. The zero-order valence-corrected chi connectivity index (χ0v) is 21.0. The van der Waals surface area contributed by atoms with Crippen LogP contribution in [-0.4, -0.2) is 66.4 Å². The first-order valence-corrected chi connectivity index (χ1v) is 12.1. The number of nitrogens with two attached hydrogens (primary N) is 1. The Morgan fingerprint density at radius 3 is 2.65 bits per heavy atom. The summed E-state index contributed by atoms with van der Waals surface area (Å²) >= 11 is 6.01. The van der Waals surface area contributed by atoms with E-state index in [0.29, 0.717) is 12.0 Å². The smallest absolute Gasteiger partial charge is 0.434 e. The summed E-state index contributed by atoms with van der Waals surface area (Å²) in [7, 11) is 0. The van der Waals surface area contributed by atoms with Crippen LogP contribution >= 0.6 is 11.6 Å². The molecule has 4 heterocycles. The molecule has 2 aliphatic rings. The van der Waals surface area contributed by atoms with Gasteiger partial charge in [0.1, 0.15) is 18.2 Å². The number of fused-ring (bicyclic) bond motifs is 1. The van der Waals surface area contributed by atoms with Gasteiger partial charge in [0, 0.05) is 17.7 Å². The predicted octanol–water partition coefficient (Wildman–Crippen LogP) is 3.02. The third-order valence-electron chi connectivity index (χ3n) is 6.60. The molecule has 1 amide bonds. The lowest BCUT2D eigenvalue weighted by atomic mass is 9.92. The monoisotopic (exact) mass is 579 g/mol. The van der Waals surface area contributed by atoms with Gasteiger partial charge in [0.2, 0.25) is 11.7 Å². The number of tetrazole rings is 1. The third kappa shape index (κ3) is 4.99. The van der Waals surface area contributed by atoms with Gasteiger partial charge in [-0.3, -0.25) is 9.59 Å². The van der Waals surface area contributed by atoms with Crippen molar-refractivity contribution in [2.24, 2.45) is 0 Å². The van der Waals surface area contributed by atoms with Gasteiger partial charge in [0.25, 0.3) is 0 Å². The number of ether oxygens (including phenoxy) is 1. The van der Waals surface area contributed by atoms with Crippen LogP contribution in [0.3, 0.4) is 0 Å². The van der Waals surface area contributed by atoms with E-state index in [9.17, 15) is 27.6 Å². The predicted molar refractivity (Wildman–Crippen MR) is 129 cm³/mol. The van der Waals surface area contributed by atoms with E-state index in [2.05, 4.69) is 20.5 Å². The molecule has 208 valence electrons. The van der Waals surface area contributed by atoms with Crippen LogP contribution in [0, 0.1) is 5.82 Å². The Labute approximate surface area is 227 Å². The first kappa shape index (κ1) is 27.2. The van der Waals surface area contributed by atoms with Crippen LogP contribution in [0.5, 0.6) is 0 Å². The highest BCUT2D eigenvalue weighted by molar-refractivity contribution is 6.31. The van der Waals surface area contributed by atoms with E-state index in [0.717, 1.165) is 12.1 Å². The Hall–Kier alpha value is -4.40. The minimum Gasteiger partial charge on any atom is -0.456 e. The number of halogens is 5. The van der Waals surface area contributed by atoms with Crippen molar-refractivity contribution in [3.05, 3.63) is 64.3 Å². The lowest BCUT2D eigenvalue weighted by Gasteiger charge is -2.33. The molecule has 0 bridgehead atoms. The van der Waals surface area contributed by atoms with Gasteiger partial charge in [-0.05, 0) is 59.5 Å². The lowest BCUT2D eigenvalue weighted by Crippen LogP contribution is -2.47. The van der Waals surface area contributed by atoms with E-state index in [1.807, 2.05) is 0 Å². The number of aromatic nitrogens is 5. The van der Waals surface area contributed by atoms with Crippen LogP contribution in [0.15, 0.2) is 36.7 Å². The zero-order chi connectivity index (χ0) is 28.8. The van der Waals surface area contributed by atoms with E-state index in [1.54, 1.807) is 0 Å². The SMILES string of the molecule is Nc1ccc(C(=O)COC(=O)[C@@H]2CC[C@@H]3CC(c4c(-n5cnnn5)ccc(Cl)c4F)=CC(=O)N32)c(C(F)(F)F)n1. The topological polar surface area (TPSA) is 146 Å². The number of carbonyl (C=O) groups excluding carboxylic acids is 3. The second kappa shape index (κ2) is 10.3. The first-order chi connectivity index (χ1) is 19.0. The number of pyridine rings is 1. The fourth-order valence-electron chi connectivity index (χ4n) is 4.89. The van der Waals surface area contributed by atoms with Crippen molar-refractivity contribution in [2.45, 2.75) is 37.5 Å². The number of nitrogen functional groups attached to an aromatic ring is 1. The number of esters is 1. The molecule has 11 nitrogen and oxygen atoms in total. The molecule has 0 aliphatic carbocycles. The summed E-state index contributed by atoms with van der Waals surface area (Å²) in [5.41, 5.74) is 3.61. The fourth-order valence-corrected chi connectivity index (χ4v) is 5.05. The average molecular weight is 580 g/mol. The molecule has 0 unspecified atom stereocenters. The quantitative estimate of drug-likeness (QED) is 0.264. The maximum Gasteiger partial charge on any atom is 0.434 e. The highest BCUT2D eigenvalue weighted by Gasteiger charge is 2.44. The summed E-state index contributed by atoms with van der Waals surface area (Å²) in [6.07, 6.45) is -1.86. The molecule has 2 N–H and O–H groups in total. The maximum atomic E-state index is 15.2. The van der Waals surface area contributed by atoms with Crippen molar-refractivity contribution in [2.75, 3.05) is 12.3 Å². The Balaban J connectivity index is 1.34. The fraction of sp³-hybridized carbons (Fsp3) is 0.292. The summed E-state index contributed by atoms with van der Waals surface area (Å²) in [4.78, 5) is 42.9. The summed E-state index contributed by atoms with van der Waals surface area (Å²) in [5, 5.41) is 10.7. The Morgan fingerprint density at radius 2 is 1.95 bits per heavy atom. The minimum absolute atomic E-state index is 0.0296. The van der Waals surface area contributed by atoms with Gasteiger partial charge in [-0.25, -0.2) is 14.2 Å². The first-order valence-electron chi connectivity index (χ1n) is 11.7. The number of carbonyl (C=O) groups is 3. The van der Waals surface area contributed by atoms with E-state index in [4.69, 9.17) is 22.1 Å².